The van der Waals surface area contributed by atoms with Crippen LogP contribution in [0.3, 0.4) is 0 Å². The molecule has 20 heavy (non-hydrogen) atoms. The number of carboxylic acid groups (broad SMARTS) is 1. The van der Waals surface area contributed by atoms with Crippen molar-refractivity contribution in [2.45, 2.75) is 0 Å². The maximum Gasteiger partial charge on any atom is 0.335 e. The Bertz CT molecular complexity index is 803. The maximum absolute atomic E-state index is 12.4. The van der Waals surface area contributed by atoms with Gasteiger partial charge in [0, 0.05) is 17.1 Å². The van der Waals surface area contributed by atoms with Gasteiger partial charge in [0.1, 0.15) is 0 Å². The van der Waals surface area contributed by atoms with Crippen LogP contribution in [0.25, 0.3) is 10.9 Å². The zero-order valence-corrected chi connectivity index (χ0v) is 10.5. The molecule has 4 heteroatoms. The fourth-order valence-electron chi connectivity index (χ4n) is 2.17. The lowest BCUT2D eigenvalue weighted by atomic mass is 10.1. The third-order valence-electron chi connectivity index (χ3n) is 3.18. The number of aromatic nitrogens is 1. The maximum atomic E-state index is 12.4. The second-order valence-electron chi connectivity index (χ2n) is 4.44. The van der Waals surface area contributed by atoms with E-state index >= 15 is 0 Å². The molecule has 0 aliphatic heterocycles. The van der Waals surface area contributed by atoms with E-state index in [0.29, 0.717) is 11.1 Å². The molecule has 2 aromatic carbocycles. The van der Waals surface area contributed by atoms with Gasteiger partial charge in [-0.25, -0.2) is 4.79 Å². The Morgan fingerprint density at radius 3 is 2.35 bits per heavy atom. The number of aromatic carboxylic acids is 1. The standard InChI is InChI=1S/C16H11NO3/c18-15(11-4-2-1-3-5-11)17-9-8-12-10-13(16(19)20)6-7-14(12)17/h1-10H,(H,19,20). The quantitative estimate of drug-likeness (QED) is 0.774. The largest absolute Gasteiger partial charge is 0.478 e. The molecule has 0 saturated carbocycles. The van der Waals surface area contributed by atoms with Gasteiger partial charge in [0.15, 0.2) is 0 Å². The first-order valence-electron chi connectivity index (χ1n) is 6.11. The Morgan fingerprint density at radius 1 is 0.900 bits per heavy atom. The van der Waals surface area contributed by atoms with Crippen LogP contribution in [0, 0.1) is 0 Å². The number of fused-ring (bicyclic) bond motifs is 1. The van der Waals surface area contributed by atoms with Gasteiger partial charge in [0.2, 0.25) is 0 Å². The molecule has 98 valence electrons. The van der Waals surface area contributed by atoms with E-state index in [1.54, 1.807) is 36.5 Å². The lowest BCUT2D eigenvalue weighted by Crippen LogP contribution is -2.10. The number of carbonyl (C=O) groups excluding carboxylic acids is 1. The van der Waals surface area contributed by atoms with E-state index in [1.807, 2.05) is 18.2 Å². The van der Waals surface area contributed by atoms with Crippen LogP contribution < -0.4 is 0 Å². The summed E-state index contributed by atoms with van der Waals surface area (Å²) in [4.78, 5) is 23.3. The van der Waals surface area contributed by atoms with Crippen LogP contribution in [-0.2, 0) is 0 Å². The van der Waals surface area contributed by atoms with Crippen LogP contribution in [0.5, 0.6) is 0 Å². The van der Waals surface area contributed by atoms with Crippen molar-refractivity contribution in [3.63, 3.8) is 0 Å². The number of carboxylic acids is 1. The van der Waals surface area contributed by atoms with Crippen LogP contribution >= 0.6 is 0 Å². The van der Waals surface area contributed by atoms with Crippen molar-refractivity contribution in [3.05, 3.63) is 71.9 Å². The Morgan fingerprint density at radius 2 is 1.65 bits per heavy atom. The average molecular weight is 265 g/mol. The Balaban J connectivity index is 2.09. The molecule has 3 aromatic rings. The van der Waals surface area contributed by atoms with E-state index in [2.05, 4.69) is 0 Å². The summed E-state index contributed by atoms with van der Waals surface area (Å²) in [5, 5.41) is 9.70. The van der Waals surface area contributed by atoms with Crippen molar-refractivity contribution in [2.75, 3.05) is 0 Å². The molecule has 0 aliphatic carbocycles. The first-order chi connectivity index (χ1) is 9.66. The lowest BCUT2D eigenvalue weighted by molar-refractivity contribution is 0.0697. The number of benzene rings is 2. The summed E-state index contributed by atoms with van der Waals surface area (Å²) in [7, 11) is 0. The summed E-state index contributed by atoms with van der Waals surface area (Å²) in [5.74, 6) is -1.11. The number of hydrogen-bond acceptors (Lipinski definition) is 2. The summed E-state index contributed by atoms with van der Waals surface area (Å²) in [6, 6.07) is 15.4. The van der Waals surface area contributed by atoms with E-state index in [9.17, 15) is 9.59 Å². The van der Waals surface area contributed by atoms with Gasteiger partial charge in [-0.1, -0.05) is 18.2 Å². The zero-order valence-electron chi connectivity index (χ0n) is 10.5. The SMILES string of the molecule is O=C(O)c1ccc2c(ccn2C(=O)c2ccccc2)c1. The Kier molecular flexibility index (Phi) is 2.84. The molecule has 0 amide bonds. The van der Waals surface area contributed by atoms with E-state index < -0.39 is 5.97 Å². The number of carbonyl (C=O) groups is 2. The van der Waals surface area contributed by atoms with Crippen LogP contribution in [0.1, 0.15) is 20.7 Å². The van der Waals surface area contributed by atoms with E-state index in [0.717, 1.165) is 5.39 Å². The first-order valence-corrected chi connectivity index (χ1v) is 6.11. The third kappa shape index (κ3) is 1.97. The van der Waals surface area contributed by atoms with Gasteiger partial charge < -0.3 is 5.11 Å². The molecule has 0 aliphatic rings. The molecule has 0 radical (unpaired) electrons. The minimum atomic E-state index is -0.978. The van der Waals surface area contributed by atoms with Gasteiger partial charge in [-0.3, -0.25) is 9.36 Å². The highest BCUT2D eigenvalue weighted by atomic mass is 16.4. The van der Waals surface area contributed by atoms with Gasteiger partial charge in [-0.05, 0) is 36.4 Å². The molecule has 0 spiro atoms. The van der Waals surface area contributed by atoms with Gasteiger partial charge in [-0.15, -0.1) is 0 Å². The molecular formula is C16H11NO3. The van der Waals surface area contributed by atoms with E-state index in [-0.39, 0.29) is 11.5 Å². The molecule has 1 aromatic heterocycles. The summed E-state index contributed by atoms with van der Waals surface area (Å²) >= 11 is 0. The number of nitrogens with zero attached hydrogens (tertiary/aromatic N) is 1. The average Bonchev–Trinajstić information content (AvgIpc) is 2.90. The van der Waals surface area contributed by atoms with Crippen molar-refractivity contribution < 1.29 is 14.7 Å². The highest BCUT2D eigenvalue weighted by molar-refractivity contribution is 6.03. The van der Waals surface area contributed by atoms with Crippen molar-refractivity contribution >= 4 is 22.8 Å². The number of hydrogen-bond donors (Lipinski definition) is 1. The van der Waals surface area contributed by atoms with Crippen molar-refractivity contribution in [2.24, 2.45) is 0 Å². The Hall–Kier alpha value is -2.88. The van der Waals surface area contributed by atoms with E-state index in [1.165, 1.54) is 10.6 Å². The van der Waals surface area contributed by atoms with Crippen molar-refractivity contribution in [1.82, 2.24) is 4.57 Å². The molecule has 0 saturated heterocycles. The molecule has 1 heterocycles. The molecule has 4 nitrogen and oxygen atoms in total. The van der Waals surface area contributed by atoms with Crippen LogP contribution in [0.15, 0.2) is 60.8 Å². The summed E-state index contributed by atoms with van der Waals surface area (Å²) in [6.07, 6.45) is 1.66. The highest BCUT2D eigenvalue weighted by Crippen LogP contribution is 2.19. The van der Waals surface area contributed by atoms with Crippen LogP contribution in [0.4, 0.5) is 0 Å². The van der Waals surface area contributed by atoms with Crippen LogP contribution in [-0.4, -0.2) is 21.6 Å². The smallest absolute Gasteiger partial charge is 0.335 e. The molecular weight excluding hydrogens is 254 g/mol. The lowest BCUT2D eigenvalue weighted by Gasteiger charge is -2.04. The Labute approximate surface area is 114 Å². The predicted molar refractivity (Wildman–Crippen MR) is 75.1 cm³/mol. The summed E-state index contributed by atoms with van der Waals surface area (Å²) < 4.78 is 1.52. The van der Waals surface area contributed by atoms with E-state index in [4.69, 9.17) is 5.11 Å². The summed E-state index contributed by atoms with van der Waals surface area (Å²) in [5.41, 5.74) is 1.50. The fraction of sp³-hybridized carbons (Fsp3) is 0. The molecule has 0 atom stereocenters. The van der Waals surface area contributed by atoms with Gasteiger partial charge in [0.05, 0.1) is 11.1 Å². The number of rotatable bonds is 2. The minimum absolute atomic E-state index is 0.135. The van der Waals surface area contributed by atoms with Gasteiger partial charge >= 0.3 is 5.97 Å². The fourth-order valence-corrected chi connectivity index (χ4v) is 2.17. The molecule has 1 N–H and O–H groups in total. The molecule has 3 rings (SSSR count). The van der Waals surface area contributed by atoms with Crippen LogP contribution in [0.2, 0.25) is 0 Å². The van der Waals surface area contributed by atoms with Crippen molar-refractivity contribution in [1.29, 1.82) is 0 Å². The minimum Gasteiger partial charge on any atom is -0.478 e. The highest BCUT2D eigenvalue weighted by Gasteiger charge is 2.12. The second kappa shape index (κ2) is 4.66. The second-order valence-corrected chi connectivity index (χ2v) is 4.44. The normalized spacial score (nSPS) is 10.6. The van der Waals surface area contributed by atoms with Gasteiger partial charge in [-0.2, -0.15) is 0 Å². The predicted octanol–water partition coefficient (Wildman–Crippen LogP) is 3.03. The summed E-state index contributed by atoms with van der Waals surface area (Å²) in [6.45, 7) is 0. The monoisotopic (exact) mass is 265 g/mol. The molecule has 0 unspecified atom stereocenters. The zero-order chi connectivity index (χ0) is 14.1. The van der Waals surface area contributed by atoms with Gasteiger partial charge in [0.25, 0.3) is 5.91 Å². The first kappa shape index (κ1) is 12.2. The third-order valence-corrected chi connectivity index (χ3v) is 3.18. The topological polar surface area (TPSA) is 59.3 Å². The molecule has 0 fully saturated rings. The molecule has 0 bridgehead atoms. The van der Waals surface area contributed by atoms with Crippen molar-refractivity contribution in [3.8, 4) is 0 Å².